The monoisotopic (exact) mass is 166 g/mol. The Hall–Kier alpha value is -1.09. The number of aromatic nitrogens is 1. The van der Waals surface area contributed by atoms with Crippen LogP contribution >= 0.6 is 0 Å². The summed E-state index contributed by atoms with van der Waals surface area (Å²) in [6.07, 6.45) is 1.77. The number of pyridine rings is 1. The molecule has 3 nitrogen and oxygen atoms in total. The van der Waals surface area contributed by atoms with Gasteiger partial charge in [0.25, 0.3) is 0 Å². The van der Waals surface area contributed by atoms with Gasteiger partial charge in [0.2, 0.25) is 0 Å². The highest BCUT2D eigenvalue weighted by Gasteiger charge is 1.99. The summed E-state index contributed by atoms with van der Waals surface area (Å²) in [5.41, 5.74) is 0. The second kappa shape index (κ2) is 4.72. The molecule has 0 radical (unpaired) electrons. The Kier molecular flexibility index (Phi) is 3.54. The van der Waals surface area contributed by atoms with E-state index in [0.29, 0.717) is 6.61 Å². The van der Waals surface area contributed by atoms with E-state index in [0.717, 1.165) is 5.82 Å². The molecule has 0 spiro atoms. The van der Waals surface area contributed by atoms with E-state index in [1.165, 1.54) is 0 Å². The Bertz CT molecular complexity index is 213. The molecule has 0 fully saturated rings. The van der Waals surface area contributed by atoms with Crippen molar-refractivity contribution in [1.82, 2.24) is 4.98 Å². The number of rotatable bonds is 4. The third-order valence-corrected chi connectivity index (χ3v) is 1.43. The first kappa shape index (κ1) is 9.00. The molecule has 1 N–H and O–H groups in total. The third-order valence-electron chi connectivity index (χ3n) is 1.43. The van der Waals surface area contributed by atoms with Crippen LogP contribution in [0.2, 0.25) is 0 Å². The minimum Gasteiger partial charge on any atom is -0.359 e. The molecule has 1 aromatic heterocycles. The molecule has 1 aromatic rings. The zero-order valence-electron chi connectivity index (χ0n) is 7.45. The normalized spacial score (nSPS) is 12.5. The Morgan fingerprint density at radius 3 is 3.00 bits per heavy atom. The number of nitrogens with one attached hydrogen (secondary N) is 1. The molecular weight excluding hydrogens is 152 g/mol. The second-order valence-corrected chi connectivity index (χ2v) is 2.46. The van der Waals surface area contributed by atoms with Crippen molar-refractivity contribution in [1.29, 1.82) is 0 Å². The largest absolute Gasteiger partial charge is 0.359 e. The van der Waals surface area contributed by atoms with Gasteiger partial charge in [0.1, 0.15) is 12.0 Å². The highest BCUT2D eigenvalue weighted by atomic mass is 16.5. The van der Waals surface area contributed by atoms with Gasteiger partial charge in [0.15, 0.2) is 0 Å². The van der Waals surface area contributed by atoms with Crippen LogP contribution in [0.3, 0.4) is 0 Å². The van der Waals surface area contributed by atoms with Gasteiger partial charge in [-0.05, 0) is 26.0 Å². The lowest BCUT2D eigenvalue weighted by atomic mass is 10.4. The predicted molar refractivity (Wildman–Crippen MR) is 48.9 cm³/mol. The molecule has 1 heterocycles. The summed E-state index contributed by atoms with van der Waals surface area (Å²) in [6, 6.07) is 5.74. The van der Waals surface area contributed by atoms with Crippen LogP contribution in [0.15, 0.2) is 24.4 Å². The lowest BCUT2D eigenvalue weighted by Crippen LogP contribution is -2.19. The van der Waals surface area contributed by atoms with Crippen LogP contribution in [0.1, 0.15) is 13.8 Å². The topological polar surface area (TPSA) is 34.1 Å². The highest BCUT2D eigenvalue weighted by molar-refractivity contribution is 5.33. The second-order valence-electron chi connectivity index (χ2n) is 2.46. The SMILES string of the molecule is CCOC(C)Nc1ccccn1. The van der Waals surface area contributed by atoms with E-state index in [1.807, 2.05) is 32.0 Å². The van der Waals surface area contributed by atoms with Crippen molar-refractivity contribution >= 4 is 5.82 Å². The van der Waals surface area contributed by atoms with Crippen LogP contribution in [-0.2, 0) is 4.74 Å². The Balaban J connectivity index is 2.41. The molecule has 1 unspecified atom stereocenters. The molecule has 1 rings (SSSR count). The summed E-state index contributed by atoms with van der Waals surface area (Å²) in [4.78, 5) is 4.11. The molecule has 0 aliphatic rings. The molecule has 0 aliphatic carbocycles. The van der Waals surface area contributed by atoms with Crippen molar-refractivity contribution < 1.29 is 4.74 Å². The summed E-state index contributed by atoms with van der Waals surface area (Å²) in [6.45, 7) is 4.63. The molecule has 0 aromatic carbocycles. The fraction of sp³-hybridized carbons (Fsp3) is 0.444. The molecule has 3 heteroatoms. The van der Waals surface area contributed by atoms with Crippen molar-refractivity contribution in [3.05, 3.63) is 24.4 Å². The van der Waals surface area contributed by atoms with Crippen molar-refractivity contribution in [3.8, 4) is 0 Å². The summed E-state index contributed by atoms with van der Waals surface area (Å²) in [5.74, 6) is 0.846. The zero-order valence-corrected chi connectivity index (χ0v) is 7.45. The Morgan fingerprint density at radius 2 is 2.42 bits per heavy atom. The number of anilines is 1. The fourth-order valence-electron chi connectivity index (χ4n) is 0.948. The molecule has 1 atom stereocenters. The first-order valence-corrected chi connectivity index (χ1v) is 4.12. The molecule has 66 valence electrons. The van der Waals surface area contributed by atoms with Gasteiger partial charge in [-0.3, -0.25) is 0 Å². The molecule has 0 amide bonds. The first-order chi connectivity index (χ1) is 5.83. The Morgan fingerprint density at radius 1 is 1.58 bits per heavy atom. The van der Waals surface area contributed by atoms with Gasteiger partial charge in [-0.1, -0.05) is 6.07 Å². The summed E-state index contributed by atoms with van der Waals surface area (Å²) in [7, 11) is 0. The van der Waals surface area contributed by atoms with E-state index < -0.39 is 0 Å². The number of hydrogen-bond donors (Lipinski definition) is 1. The number of nitrogens with zero attached hydrogens (tertiary/aromatic N) is 1. The fourth-order valence-corrected chi connectivity index (χ4v) is 0.948. The van der Waals surface area contributed by atoms with E-state index in [-0.39, 0.29) is 6.23 Å². The number of hydrogen-bond acceptors (Lipinski definition) is 3. The predicted octanol–water partition coefficient (Wildman–Crippen LogP) is 1.88. The van der Waals surface area contributed by atoms with Crippen LogP contribution in [0.25, 0.3) is 0 Å². The summed E-state index contributed by atoms with van der Waals surface area (Å²) < 4.78 is 5.29. The minimum absolute atomic E-state index is 0.0184. The maximum atomic E-state index is 5.29. The zero-order chi connectivity index (χ0) is 8.81. The van der Waals surface area contributed by atoms with Crippen LogP contribution in [0.5, 0.6) is 0 Å². The minimum atomic E-state index is 0.0184. The lowest BCUT2D eigenvalue weighted by Gasteiger charge is -2.13. The molecule has 12 heavy (non-hydrogen) atoms. The van der Waals surface area contributed by atoms with Crippen molar-refractivity contribution in [2.75, 3.05) is 11.9 Å². The highest BCUT2D eigenvalue weighted by Crippen LogP contribution is 2.02. The molecular formula is C9H14N2O. The quantitative estimate of drug-likeness (QED) is 0.693. The molecule has 0 bridgehead atoms. The lowest BCUT2D eigenvalue weighted by molar-refractivity contribution is 0.0958. The van der Waals surface area contributed by atoms with Gasteiger partial charge in [-0.25, -0.2) is 4.98 Å². The number of ether oxygens (including phenoxy) is 1. The smallest absolute Gasteiger partial charge is 0.127 e. The average molecular weight is 166 g/mol. The van der Waals surface area contributed by atoms with Gasteiger partial charge < -0.3 is 10.1 Å². The molecule has 0 aliphatic heterocycles. The molecule has 0 saturated heterocycles. The van der Waals surface area contributed by atoms with E-state index in [9.17, 15) is 0 Å². The van der Waals surface area contributed by atoms with E-state index in [1.54, 1.807) is 6.20 Å². The van der Waals surface area contributed by atoms with Gasteiger partial charge in [-0.2, -0.15) is 0 Å². The van der Waals surface area contributed by atoms with Gasteiger partial charge >= 0.3 is 0 Å². The average Bonchev–Trinajstić information content (AvgIpc) is 2.06. The summed E-state index contributed by atoms with van der Waals surface area (Å²) >= 11 is 0. The Labute approximate surface area is 72.8 Å². The molecule has 0 saturated carbocycles. The van der Waals surface area contributed by atoms with Crippen molar-refractivity contribution in [2.24, 2.45) is 0 Å². The van der Waals surface area contributed by atoms with Crippen LogP contribution in [0.4, 0.5) is 5.82 Å². The van der Waals surface area contributed by atoms with Gasteiger partial charge in [0, 0.05) is 12.8 Å². The standard InChI is InChI=1S/C9H14N2O/c1-3-12-8(2)11-9-6-4-5-7-10-9/h4-8H,3H2,1-2H3,(H,10,11). The van der Waals surface area contributed by atoms with Crippen LogP contribution in [-0.4, -0.2) is 17.8 Å². The first-order valence-electron chi connectivity index (χ1n) is 4.12. The van der Waals surface area contributed by atoms with Gasteiger partial charge in [0.05, 0.1) is 0 Å². The van der Waals surface area contributed by atoms with Crippen LogP contribution in [0, 0.1) is 0 Å². The van der Waals surface area contributed by atoms with Crippen LogP contribution < -0.4 is 5.32 Å². The van der Waals surface area contributed by atoms with Crippen molar-refractivity contribution in [2.45, 2.75) is 20.1 Å². The van der Waals surface area contributed by atoms with E-state index >= 15 is 0 Å². The van der Waals surface area contributed by atoms with E-state index in [2.05, 4.69) is 10.3 Å². The third kappa shape index (κ3) is 2.88. The maximum Gasteiger partial charge on any atom is 0.127 e. The maximum absolute atomic E-state index is 5.29. The van der Waals surface area contributed by atoms with Crippen molar-refractivity contribution in [3.63, 3.8) is 0 Å². The van der Waals surface area contributed by atoms with Gasteiger partial charge in [-0.15, -0.1) is 0 Å². The van der Waals surface area contributed by atoms with E-state index in [4.69, 9.17) is 4.74 Å². The summed E-state index contributed by atoms with van der Waals surface area (Å²) in [5, 5.41) is 3.11.